The van der Waals surface area contributed by atoms with E-state index in [2.05, 4.69) is 5.32 Å². The van der Waals surface area contributed by atoms with E-state index in [9.17, 15) is 5.11 Å². The van der Waals surface area contributed by atoms with Crippen molar-refractivity contribution in [2.45, 2.75) is 37.5 Å². The monoisotopic (exact) mass is 201 g/mol. The molecule has 1 aliphatic carbocycles. The first-order valence-electron chi connectivity index (χ1n) is 5.47. The van der Waals surface area contributed by atoms with Crippen molar-refractivity contribution < 1.29 is 14.6 Å². The van der Waals surface area contributed by atoms with Crippen LogP contribution in [0.2, 0.25) is 0 Å². The quantitative estimate of drug-likeness (QED) is 0.670. The molecule has 82 valence electrons. The second kappa shape index (κ2) is 5.07. The third-order valence-corrected chi connectivity index (χ3v) is 2.97. The first-order valence-corrected chi connectivity index (χ1v) is 5.47. The lowest BCUT2D eigenvalue weighted by Gasteiger charge is -2.25. The van der Waals surface area contributed by atoms with Gasteiger partial charge in [-0.25, -0.2) is 0 Å². The molecule has 4 nitrogen and oxygen atoms in total. The molecule has 2 N–H and O–H groups in total. The normalized spacial score (nSPS) is 38.8. The lowest BCUT2D eigenvalue weighted by Crippen LogP contribution is -2.44. The molecule has 1 unspecified atom stereocenters. The highest BCUT2D eigenvalue weighted by atomic mass is 16.6. The zero-order valence-corrected chi connectivity index (χ0v) is 8.45. The van der Waals surface area contributed by atoms with Crippen LogP contribution in [0.3, 0.4) is 0 Å². The van der Waals surface area contributed by atoms with Crippen molar-refractivity contribution in [2.75, 3.05) is 26.4 Å². The molecule has 0 spiro atoms. The molecule has 2 fully saturated rings. The summed E-state index contributed by atoms with van der Waals surface area (Å²) in [6, 6.07) is 0.264. The Balaban J connectivity index is 1.65. The summed E-state index contributed by atoms with van der Waals surface area (Å²) in [6.45, 7) is 2.87. The second-order valence-electron chi connectivity index (χ2n) is 4.08. The molecule has 14 heavy (non-hydrogen) atoms. The summed E-state index contributed by atoms with van der Waals surface area (Å²) in [5, 5.41) is 12.9. The molecule has 0 amide bonds. The Labute approximate surface area is 84.6 Å². The average molecular weight is 201 g/mol. The van der Waals surface area contributed by atoms with Gasteiger partial charge < -0.3 is 19.9 Å². The summed E-state index contributed by atoms with van der Waals surface area (Å²) in [7, 11) is 0. The smallest absolute Gasteiger partial charge is 0.0933 e. The molecular formula is C10H19NO3. The summed E-state index contributed by atoms with van der Waals surface area (Å²) < 4.78 is 10.8. The van der Waals surface area contributed by atoms with Gasteiger partial charge in [0.1, 0.15) is 0 Å². The maximum Gasteiger partial charge on any atom is 0.0933 e. The minimum absolute atomic E-state index is 0.163. The van der Waals surface area contributed by atoms with E-state index in [1.54, 1.807) is 0 Å². The van der Waals surface area contributed by atoms with E-state index in [0.717, 1.165) is 25.8 Å². The highest BCUT2D eigenvalue weighted by Gasteiger charge is 2.25. The van der Waals surface area contributed by atoms with Crippen molar-refractivity contribution in [1.82, 2.24) is 5.32 Å². The molecule has 0 aromatic rings. The van der Waals surface area contributed by atoms with Crippen LogP contribution in [-0.2, 0) is 9.47 Å². The molecular weight excluding hydrogens is 182 g/mol. The fourth-order valence-electron chi connectivity index (χ4n) is 2.12. The topological polar surface area (TPSA) is 50.7 Å². The summed E-state index contributed by atoms with van der Waals surface area (Å²) in [6.07, 6.45) is 3.13. The van der Waals surface area contributed by atoms with Crippen LogP contribution in [0.25, 0.3) is 0 Å². The number of rotatable bonds is 3. The maximum absolute atomic E-state index is 9.58. The summed E-state index contributed by atoms with van der Waals surface area (Å²) >= 11 is 0. The van der Waals surface area contributed by atoms with Crippen LogP contribution in [0.1, 0.15) is 19.3 Å². The summed E-state index contributed by atoms with van der Waals surface area (Å²) in [4.78, 5) is 0. The van der Waals surface area contributed by atoms with Crippen molar-refractivity contribution in [3.63, 3.8) is 0 Å². The Morgan fingerprint density at radius 1 is 1.29 bits per heavy atom. The first kappa shape index (κ1) is 10.4. The minimum Gasteiger partial charge on any atom is -0.392 e. The second-order valence-corrected chi connectivity index (χ2v) is 4.08. The molecule has 1 saturated carbocycles. The Bertz CT molecular complexity index is 171. The zero-order valence-electron chi connectivity index (χ0n) is 8.45. The summed E-state index contributed by atoms with van der Waals surface area (Å²) in [5.41, 5.74) is 0. The van der Waals surface area contributed by atoms with Crippen LogP contribution in [0.15, 0.2) is 0 Å². The predicted molar refractivity (Wildman–Crippen MR) is 52.2 cm³/mol. The fraction of sp³-hybridized carbons (Fsp3) is 1.00. The van der Waals surface area contributed by atoms with Crippen LogP contribution in [0.5, 0.6) is 0 Å². The number of aliphatic hydroxyl groups excluding tert-OH is 1. The molecule has 0 aromatic carbocycles. The Hall–Kier alpha value is -0.160. The van der Waals surface area contributed by atoms with E-state index < -0.39 is 0 Å². The van der Waals surface area contributed by atoms with Crippen LogP contribution in [-0.4, -0.2) is 49.7 Å². The van der Waals surface area contributed by atoms with Crippen LogP contribution < -0.4 is 5.32 Å². The van der Waals surface area contributed by atoms with E-state index in [4.69, 9.17) is 9.47 Å². The van der Waals surface area contributed by atoms with Crippen molar-refractivity contribution in [3.05, 3.63) is 0 Å². The van der Waals surface area contributed by atoms with E-state index >= 15 is 0 Å². The first-order chi connectivity index (χ1) is 6.86. The van der Waals surface area contributed by atoms with E-state index in [1.807, 2.05) is 0 Å². The molecule has 4 heteroatoms. The molecule has 1 aliphatic heterocycles. The van der Waals surface area contributed by atoms with Gasteiger partial charge in [0.25, 0.3) is 0 Å². The van der Waals surface area contributed by atoms with Crippen molar-refractivity contribution in [2.24, 2.45) is 0 Å². The van der Waals surface area contributed by atoms with Gasteiger partial charge in [0.2, 0.25) is 0 Å². The molecule has 0 aromatic heterocycles. The highest BCUT2D eigenvalue weighted by Crippen LogP contribution is 2.18. The Morgan fingerprint density at radius 2 is 2.21 bits per heavy atom. The van der Waals surface area contributed by atoms with Crippen LogP contribution in [0.4, 0.5) is 0 Å². The van der Waals surface area contributed by atoms with Crippen molar-refractivity contribution in [3.8, 4) is 0 Å². The Kier molecular flexibility index (Phi) is 3.75. The molecule has 2 rings (SSSR count). The van der Waals surface area contributed by atoms with Gasteiger partial charge in [-0.2, -0.15) is 0 Å². The minimum atomic E-state index is -0.167. The third-order valence-electron chi connectivity index (χ3n) is 2.97. The van der Waals surface area contributed by atoms with Gasteiger partial charge >= 0.3 is 0 Å². The molecule has 3 atom stereocenters. The van der Waals surface area contributed by atoms with Gasteiger partial charge in [-0.15, -0.1) is 0 Å². The lowest BCUT2D eigenvalue weighted by atomic mass is 10.2. The van der Waals surface area contributed by atoms with Gasteiger partial charge in [-0.3, -0.25) is 0 Å². The van der Waals surface area contributed by atoms with Gasteiger partial charge in [0.05, 0.1) is 32.0 Å². The molecule has 2 aliphatic rings. The van der Waals surface area contributed by atoms with E-state index in [0.29, 0.717) is 19.8 Å². The lowest BCUT2D eigenvalue weighted by molar-refractivity contribution is -0.0877. The number of aliphatic hydroxyl groups is 1. The van der Waals surface area contributed by atoms with Gasteiger partial charge in [0.15, 0.2) is 0 Å². The van der Waals surface area contributed by atoms with Gasteiger partial charge in [-0.05, 0) is 19.3 Å². The standard InChI is InChI=1S/C10H19NO3/c12-10-3-1-2-9(10)11-6-8-7-13-4-5-14-8/h8-12H,1-7H2/t8?,9-,10-/m0/s1. The maximum atomic E-state index is 9.58. The largest absolute Gasteiger partial charge is 0.392 e. The third kappa shape index (κ3) is 2.67. The SMILES string of the molecule is O[C@H]1CCC[C@@H]1NCC1COCCO1. The van der Waals surface area contributed by atoms with Crippen molar-refractivity contribution >= 4 is 0 Å². The average Bonchev–Trinajstić information content (AvgIpc) is 2.63. The predicted octanol–water partition coefficient (Wildman–Crippen LogP) is -0.0952. The molecule has 0 bridgehead atoms. The number of hydrogen-bond donors (Lipinski definition) is 2. The number of hydrogen-bond acceptors (Lipinski definition) is 4. The van der Waals surface area contributed by atoms with E-state index in [-0.39, 0.29) is 18.2 Å². The van der Waals surface area contributed by atoms with Crippen LogP contribution >= 0.6 is 0 Å². The van der Waals surface area contributed by atoms with Gasteiger partial charge in [0, 0.05) is 12.6 Å². The molecule has 1 saturated heterocycles. The number of ether oxygens (including phenoxy) is 2. The molecule has 1 heterocycles. The molecule has 0 radical (unpaired) electrons. The zero-order chi connectivity index (χ0) is 9.80. The van der Waals surface area contributed by atoms with Crippen LogP contribution in [0, 0.1) is 0 Å². The fourth-order valence-corrected chi connectivity index (χ4v) is 2.12. The van der Waals surface area contributed by atoms with Gasteiger partial charge in [-0.1, -0.05) is 0 Å². The van der Waals surface area contributed by atoms with Crippen molar-refractivity contribution in [1.29, 1.82) is 0 Å². The summed E-state index contributed by atoms with van der Waals surface area (Å²) in [5.74, 6) is 0. The number of nitrogens with one attached hydrogen (secondary N) is 1. The highest BCUT2D eigenvalue weighted by molar-refractivity contribution is 4.83. The Morgan fingerprint density at radius 3 is 2.86 bits per heavy atom. The van der Waals surface area contributed by atoms with E-state index in [1.165, 1.54) is 0 Å².